The fraction of sp³-hybridized carbons (Fsp3) is 0.0597. The maximum Gasteiger partial charge on any atom is 0.162 e. The quantitative estimate of drug-likeness (QED) is 0.144. The van der Waals surface area contributed by atoms with E-state index in [-0.39, 0.29) is 0 Å². The van der Waals surface area contributed by atoms with Gasteiger partial charge in [-0.25, -0.2) is 19.9 Å². The van der Waals surface area contributed by atoms with Gasteiger partial charge in [0.25, 0.3) is 0 Å². The predicted octanol–water partition coefficient (Wildman–Crippen LogP) is 16.8. The van der Waals surface area contributed by atoms with Gasteiger partial charge in [-0.2, -0.15) is 5.26 Å². The molecule has 0 aliphatic heterocycles. The Morgan fingerprint density at radius 3 is 1.21 bits per heavy atom. The van der Waals surface area contributed by atoms with Crippen molar-refractivity contribution in [2.24, 2.45) is 0 Å². The van der Waals surface area contributed by atoms with Crippen LogP contribution in [0, 0.1) is 39.0 Å². The third-order valence-electron chi connectivity index (χ3n) is 13.8. The highest BCUT2D eigenvalue weighted by atomic mass is 15.0. The molecule has 6 heteroatoms. The molecule has 0 aliphatic carbocycles. The van der Waals surface area contributed by atoms with Crippen molar-refractivity contribution >= 4 is 21.8 Å². The molecule has 0 spiro atoms. The molecule has 0 fully saturated rings. The molecule has 0 unspecified atom stereocenters. The summed E-state index contributed by atoms with van der Waals surface area (Å²) >= 11 is 0. The van der Waals surface area contributed by atoms with Gasteiger partial charge < -0.3 is 4.57 Å². The van der Waals surface area contributed by atoms with Crippen LogP contribution < -0.4 is 0 Å². The van der Waals surface area contributed by atoms with Gasteiger partial charge in [0.05, 0.1) is 51.1 Å². The molecule has 0 saturated heterocycles. The van der Waals surface area contributed by atoms with Crippen LogP contribution in [0.5, 0.6) is 0 Å². The van der Waals surface area contributed by atoms with Crippen molar-refractivity contribution in [1.82, 2.24) is 24.5 Å². The Balaban J connectivity index is 1.24. The lowest BCUT2D eigenvalue weighted by atomic mass is 9.95. The third-order valence-corrected chi connectivity index (χ3v) is 13.8. The van der Waals surface area contributed by atoms with Crippen molar-refractivity contribution in [1.29, 1.82) is 5.26 Å². The highest BCUT2D eigenvalue weighted by Gasteiger charge is 2.26. The summed E-state index contributed by atoms with van der Waals surface area (Å²) in [4.78, 5) is 21.5. The van der Waals surface area contributed by atoms with Gasteiger partial charge in [0.15, 0.2) is 11.6 Å². The minimum atomic E-state index is 0.444. The number of aryl methyl sites for hydroxylation is 4. The van der Waals surface area contributed by atoms with Crippen LogP contribution in [-0.2, 0) is 0 Å². The zero-order chi connectivity index (χ0) is 49.6. The largest absolute Gasteiger partial charge is 0.308 e. The molecule has 0 atom stereocenters. The average molecular weight is 937 g/mol. The average Bonchev–Trinajstić information content (AvgIpc) is 3.76. The van der Waals surface area contributed by atoms with Crippen LogP contribution in [-0.4, -0.2) is 24.5 Å². The number of rotatable bonds is 9. The number of benzene rings is 9. The summed E-state index contributed by atoms with van der Waals surface area (Å²) in [6.45, 7) is 8.65. The zero-order valence-electron chi connectivity index (χ0n) is 41.0. The molecule has 3 heterocycles. The second-order valence-corrected chi connectivity index (χ2v) is 18.9. The maximum absolute atomic E-state index is 11.1. The molecule has 12 aromatic rings. The summed E-state index contributed by atoms with van der Waals surface area (Å²) in [5.41, 5.74) is 20.8. The van der Waals surface area contributed by atoms with E-state index in [0.29, 0.717) is 28.5 Å². The van der Waals surface area contributed by atoms with Crippen LogP contribution in [0.3, 0.4) is 0 Å². The van der Waals surface area contributed by atoms with Gasteiger partial charge in [0.2, 0.25) is 0 Å². The number of fused-ring (bicyclic) bond motifs is 3. The molecule has 0 bridgehead atoms. The van der Waals surface area contributed by atoms with E-state index in [0.717, 1.165) is 83.5 Å². The Morgan fingerprint density at radius 1 is 0.342 bits per heavy atom. The lowest BCUT2D eigenvalue weighted by Crippen LogP contribution is -2.06. The van der Waals surface area contributed by atoms with E-state index in [1.807, 2.05) is 103 Å². The summed E-state index contributed by atoms with van der Waals surface area (Å²) in [5, 5.41) is 13.3. The maximum atomic E-state index is 11.1. The minimum Gasteiger partial charge on any atom is -0.308 e. The summed E-state index contributed by atoms with van der Waals surface area (Å²) in [6, 6.07) is 78.2. The first-order valence-electron chi connectivity index (χ1n) is 24.6. The topological polar surface area (TPSA) is 80.3 Å². The molecular weight excluding hydrogens is 889 g/mol. The SMILES string of the molecule is Cc1ccc(-c2ccc3c(c2)c2cc(-c4ccc(C)cc4C)ccc2n3-c2c(-c3cc(-c4ccccc4)nc(-c4ccccc4)n3)cc(C#N)cc2-c2nc(-c3ccccc3)cc(-c3ccccc3)n2)c(C)c1. The fourth-order valence-electron chi connectivity index (χ4n) is 10.3. The first kappa shape index (κ1) is 44.6. The second-order valence-electron chi connectivity index (χ2n) is 18.9. The smallest absolute Gasteiger partial charge is 0.162 e. The van der Waals surface area contributed by atoms with E-state index < -0.39 is 0 Å². The molecule has 0 amide bonds. The molecule has 9 aromatic carbocycles. The van der Waals surface area contributed by atoms with E-state index in [9.17, 15) is 5.26 Å². The molecule has 0 aliphatic rings. The minimum absolute atomic E-state index is 0.444. The van der Waals surface area contributed by atoms with E-state index >= 15 is 0 Å². The fourth-order valence-corrected chi connectivity index (χ4v) is 10.3. The first-order chi connectivity index (χ1) is 35.8. The monoisotopic (exact) mass is 936 g/mol. The van der Waals surface area contributed by atoms with Crippen molar-refractivity contribution in [3.8, 4) is 102 Å². The van der Waals surface area contributed by atoms with E-state index in [4.69, 9.17) is 19.9 Å². The molecule has 6 nitrogen and oxygen atoms in total. The van der Waals surface area contributed by atoms with Gasteiger partial charge in [-0.3, -0.25) is 0 Å². The third kappa shape index (κ3) is 8.43. The summed E-state index contributed by atoms with van der Waals surface area (Å²) in [7, 11) is 0. The number of aromatic nitrogens is 5. The van der Waals surface area contributed by atoms with Gasteiger partial charge in [0.1, 0.15) is 0 Å². The van der Waals surface area contributed by atoms with E-state index in [1.165, 1.54) is 33.4 Å². The molecule has 0 saturated carbocycles. The number of nitrogens with zero attached hydrogens (tertiary/aromatic N) is 6. The Morgan fingerprint density at radius 2 is 0.753 bits per heavy atom. The zero-order valence-corrected chi connectivity index (χ0v) is 41.0. The molecule has 0 radical (unpaired) electrons. The van der Waals surface area contributed by atoms with Gasteiger partial charge in [0, 0.05) is 44.2 Å². The molecule has 73 heavy (non-hydrogen) atoms. The van der Waals surface area contributed by atoms with Crippen LogP contribution >= 0.6 is 0 Å². The van der Waals surface area contributed by atoms with E-state index in [2.05, 4.69) is 154 Å². The molecule has 3 aromatic heterocycles. The molecule has 12 rings (SSSR count). The van der Waals surface area contributed by atoms with Crippen LogP contribution in [0.25, 0.3) is 118 Å². The highest BCUT2D eigenvalue weighted by Crippen LogP contribution is 2.45. The standard InChI is InChI=1S/C67H48N6/c1-42-25-29-53(44(3)33-42)51-27-31-63-55(37-51)56-38-52(54-30-26-43(2)34-45(54)4)28-32-64(56)73(63)65-57(62-40-61(49-21-13-7-14-22-49)69-66(72-62)50-23-15-8-16-24-50)35-46(41-68)36-58(65)67-70-59(47-17-9-5-10-18-47)39-60(71-67)48-19-11-6-12-20-48/h5-40H,1-4H3. The number of hydrogen-bond donors (Lipinski definition) is 0. The Hall–Kier alpha value is -9.57. The Bertz CT molecular complexity index is 3740. The van der Waals surface area contributed by atoms with Crippen LogP contribution in [0.1, 0.15) is 27.8 Å². The van der Waals surface area contributed by atoms with Crippen molar-refractivity contribution in [3.63, 3.8) is 0 Å². The Labute approximate surface area is 425 Å². The van der Waals surface area contributed by atoms with Gasteiger partial charge in [-0.1, -0.05) is 181 Å². The van der Waals surface area contributed by atoms with E-state index in [1.54, 1.807) is 0 Å². The summed E-state index contributed by atoms with van der Waals surface area (Å²) in [6.07, 6.45) is 0. The van der Waals surface area contributed by atoms with Gasteiger partial charge in [-0.05, 0) is 110 Å². The van der Waals surface area contributed by atoms with Crippen molar-refractivity contribution in [3.05, 3.63) is 246 Å². The number of nitriles is 1. The van der Waals surface area contributed by atoms with Crippen molar-refractivity contribution in [2.45, 2.75) is 27.7 Å². The summed E-state index contributed by atoms with van der Waals surface area (Å²) in [5.74, 6) is 1.04. The first-order valence-corrected chi connectivity index (χ1v) is 24.6. The number of hydrogen-bond acceptors (Lipinski definition) is 5. The van der Waals surface area contributed by atoms with Crippen molar-refractivity contribution in [2.75, 3.05) is 0 Å². The van der Waals surface area contributed by atoms with Crippen LogP contribution in [0.15, 0.2) is 218 Å². The lowest BCUT2D eigenvalue weighted by Gasteiger charge is -2.20. The molecular formula is C67H48N6. The molecule has 0 N–H and O–H groups in total. The summed E-state index contributed by atoms with van der Waals surface area (Å²) < 4.78 is 2.35. The van der Waals surface area contributed by atoms with Gasteiger partial charge >= 0.3 is 0 Å². The lowest BCUT2D eigenvalue weighted by molar-refractivity contribution is 1.13. The van der Waals surface area contributed by atoms with Crippen molar-refractivity contribution < 1.29 is 0 Å². The Kier molecular flexibility index (Phi) is 11.4. The normalized spacial score (nSPS) is 11.3. The molecule has 346 valence electrons. The van der Waals surface area contributed by atoms with Gasteiger partial charge in [-0.15, -0.1) is 0 Å². The highest BCUT2D eigenvalue weighted by molar-refractivity contribution is 6.13. The van der Waals surface area contributed by atoms with Crippen LogP contribution in [0.2, 0.25) is 0 Å². The predicted molar refractivity (Wildman–Crippen MR) is 299 cm³/mol. The van der Waals surface area contributed by atoms with Crippen LogP contribution in [0.4, 0.5) is 0 Å². The second kappa shape index (κ2) is 18.6.